The Morgan fingerprint density at radius 1 is 1.04 bits per heavy atom. The van der Waals surface area contributed by atoms with Gasteiger partial charge in [0.15, 0.2) is 0 Å². The molecule has 1 amide bonds. The Morgan fingerprint density at radius 2 is 1.75 bits per heavy atom. The summed E-state index contributed by atoms with van der Waals surface area (Å²) in [4.78, 5) is 15.0. The minimum atomic E-state index is -0.0454. The van der Waals surface area contributed by atoms with Crippen LogP contribution in [-0.2, 0) is 0 Å². The third kappa shape index (κ3) is 3.61. The molecule has 2 aromatic carbocycles. The van der Waals surface area contributed by atoms with Crippen LogP contribution in [0.25, 0.3) is 0 Å². The highest BCUT2D eigenvalue weighted by Crippen LogP contribution is 2.30. The fourth-order valence-corrected chi connectivity index (χ4v) is 3.18. The average Bonchev–Trinajstić information content (AvgIpc) is 2.58. The van der Waals surface area contributed by atoms with E-state index in [-0.39, 0.29) is 5.91 Å². The van der Waals surface area contributed by atoms with E-state index in [0.717, 1.165) is 35.9 Å². The summed E-state index contributed by atoms with van der Waals surface area (Å²) in [5, 5.41) is 3.10. The fourth-order valence-electron chi connectivity index (χ4n) is 3.18. The number of nitrogens with zero attached hydrogens (tertiary/aromatic N) is 1. The predicted octanol–water partition coefficient (Wildman–Crippen LogP) is 4.79. The van der Waals surface area contributed by atoms with E-state index in [2.05, 4.69) is 30.1 Å². The molecular weight excluding hydrogens is 296 g/mol. The number of para-hydroxylation sites is 2. The van der Waals surface area contributed by atoms with Gasteiger partial charge in [0.05, 0.1) is 11.4 Å². The second-order valence-electron chi connectivity index (χ2n) is 6.94. The van der Waals surface area contributed by atoms with E-state index < -0.39 is 0 Å². The molecule has 1 N–H and O–H groups in total. The molecule has 2 aromatic rings. The van der Waals surface area contributed by atoms with Crippen molar-refractivity contribution in [2.24, 2.45) is 5.92 Å². The summed E-state index contributed by atoms with van der Waals surface area (Å²) in [5.41, 5.74) is 5.08. The zero-order chi connectivity index (χ0) is 17.1. The van der Waals surface area contributed by atoms with Crippen molar-refractivity contribution in [2.45, 2.75) is 33.6 Å². The maximum absolute atomic E-state index is 12.6. The van der Waals surface area contributed by atoms with Crippen LogP contribution >= 0.6 is 0 Å². The Hall–Kier alpha value is -2.29. The highest BCUT2D eigenvalue weighted by molar-refractivity contribution is 6.06. The summed E-state index contributed by atoms with van der Waals surface area (Å²) in [7, 11) is 0. The fraction of sp³-hybridized carbons (Fsp3) is 0.381. The first kappa shape index (κ1) is 16.6. The van der Waals surface area contributed by atoms with Gasteiger partial charge >= 0.3 is 0 Å². The third-order valence-electron chi connectivity index (χ3n) is 5.05. The Bertz CT molecular complexity index is 730. The molecule has 126 valence electrons. The number of benzene rings is 2. The Kier molecular flexibility index (Phi) is 4.89. The van der Waals surface area contributed by atoms with Crippen LogP contribution in [0.15, 0.2) is 42.5 Å². The molecule has 0 aliphatic carbocycles. The van der Waals surface area contributed by atoms with Gasteiger partial charge in [0.25, 0.3) is 5.91 Å². The van der Waals surface area contributed by atoms with Crippen LogP contribution in [0.4, 0.5) is 11.4 Å². The zero-order valence-corrected chi connectivity index (χ0v) is 14.8. The monoisotopic (exact) mass is 322 g/mol. The highest BCUT2D eigenvalue weighted by Gasteiger charge is 2.19. The first-order valence-corrected chi connectivity index (χ1v) is 8.77. The summed E-state index contributed by atoms with van der Waals surface area (Å²) in [6.07, 6.45) is 2.42. The lowest BCUT2D eigenvalue weighted by atomic mass is 9.98. The molecule has 3 nitrogen and oxygen atoms in total. The summed E-state index contributed by atoms with van der Waals surface area (Å²) in [5.74, 6) is 0.745. The van der Waals surface area contributed by atoms with Crippen molar-refractivity contribution < 1.29 is 4.79 Å². The quantitative estimate of drug-likeness (QED) is 0.881. The maximum Gasteiger partial charge on any atom is 0.255 e. The standard InChI is InChI=1S/C21H26N2O/c1-15-10-12-23(13-11-15)20-7-5-4-6-19(20)22-21(24)18-9-8-16(2)17(3)14-18/h4-9,14-15H,10-13H2,1-3H3,(H,22,24). The molecule has 0 radical (unpaired) electrons. The lowest BCUT2D eigenvalue weighted by Gasteiger charge is -2.33. The smallest absolute Gasteiger partial charge is 0.255 e. The van der Waals surface area contributed by atoms with Crippen molar-refractivity contribution in [1.82, 2.24) is 0 Å². The Morgan fingerprint density at radius 3 is 2.46 bits per heavy atom. The van der Waals surface area contributed by atoms with Crippen LogP contribution in [0, 0.1) is 19.8 Å². The average molecular weight is 322 g/mol. The molecule has 24 heavy (non-hydrogen) atoms. The Labute approximate surface area is 144 Å². The first-order chi connectivity index (χ1) is 11.5. The van der Waals surface area contributed by atoms with E-state index in [0.29, 0.717) is 5.56 Å². The van der Waals surface area contributed by atoms with E-state index >= 15 is 0 Å². The molecule has 0 bridgehead atoms. The molecule has 3 rings (SSSR count). The molecule has 1 saturated heterocycles. The summed E-state index contributed by atoms with van der Waals surface area (Å²) >= 11 is 0. The number of hydrogen-bond acceptors (Lipinski definition) is 2. The van der Waals surface area contributed by atoms with Gasteiger partial charge in [0, 0.05) is 18.7 Å². The van der Waals surface area contributed by atoms with Gasteiger partial charge in [-0.05, 0) is 68.0 Å². The van der Waals surface area contributed by atoms with E-state index in [1.54, 1.807) is 0 Å². The number of carbonyl (C=O) groups is 1. The summed E-state index contributed by atoms with van der Waals surface area (Å²) in [6, 6.07) is 14.0. The van der Waals surface area contributed by atoms with E-state index in [1.165, 1.54) is 18.4 Å². The van der Waals surface area contributed by atoms with Gasteiger partial charge in [-0.3, -0.25) is 4.79 Å². The minimum absolute atomic E-state index is 0.0454. The molecule has 1 fully saturated rings. The molecule has 0 spiro atoms. The number of piperidine rings is 1. The molecule has 0 unspecified atom stereocenters. The van der Waals surface area contributed by atoms with Crippen LogP contribution in [0.3, 0.4) is 0 Å². The second kappa shape index (κ2) is 7.08. The van der Waals surface area contributed by atoms with Crippen molar-refractivity contribution in [3.63, 3.8) is 0 Å². The van der Waals surface area contributed by atoms with Gasteiger partial charge in [-0.25, -0.2) is 0 Å². The van der Waals surface area contributed by atoms with Crippen LogP contribution in [0.2, 0.25) is 0 Å². The maximum atomic E-state index is 12.6. The molecule has 3 heteroatoms. The number of anilines is 2. The SMILES string of the molecule is Cc1ccc(C(=O)Nc2ccccc2N2CCC(C)CC2)cc1C. The van der Waals surface area contributed by atoms with Crippen molar-refractivity contribution in [2.75, 3.05) is 23.3 Å². The molecular formula is C21H26N2O. The molecule has 1 aliphatic heterocycles. The van der Waals surface area contributed by atoms with Gasteiger partial charge in [0.1, 0.15) is 0 Å². The van der Waals surface area contributed by atoms with E-state index in [9.17, 15) is 4.79 Å². The lowest BCUT2D eigenvalue weighted by Crippen LogP contribution is -2.33. The van der Waals surface area contributed by atoms with Crippen LogP contribution < -0.4 is 10.2 Å². The van der Waals surface area contributed by atoms with Gasteiger partial charge in [-0.1, -0.05) is 25.1 Å². The van der Waals surface area contributed by atoms with E-state index in [4.69, 9.17) is 0 Å². The van der Waals surface area contributed by atoms with Crippen LogP contribution in [0.1, 0.15) is 41.3 Å². The van der Waals surface area contributed by atoms with Crippen LogP contribution in [-0.4, -0.2) is 19.0 Å². The second-order valence-corrected chi connectivity index (χ2v) is 6.94. The van der Waals surface area contributed by atoms with Crippen molar-refractivity contribution in [1.29, 1.82) is 0 Å². The molecule has 1 heterocycles. The number of nitrogens with one attached hydrogen (secondary N) is 1. The number of hydrogen-bond donors (Lipinski definition) is 1. The number of rotatable bonds is 3. The summed E-state index contributed by atoms with van der Waals surface area (Å²) in [6.45, 7) is 8.51. The first-order valence-electron chi connectivity index (χ1n) is 8.77. The van der Waals surface area contributed by atoms with Gasteiger partial charge < -0.3 is 10.2 Å². The topological polar surface area (TPSA) is 32.3 Å². The molecule has 0 aromatic heterocycles. The predicted molar refractivity (Wildman–Crippen MR) is 101 cm³/mol. The third-order valence-corrected chi connectivity index (χ3v) is 5.05. The number of amides is 1. The van der Waals surface area contributed by atoms with Crippen LogP contribution in [0.5, 0.6) is 0 Å². The van der Waals surface area contributed by atoms with Crippen molar-refractivity contribution >= 4 is 17.3 Å². The summed E-state index contributed by atoms with van der Waals surface area (Å²) < 4.78 is 0. The van der Waals surface area contributed by atoms with Crippen molar-refractivity contribution in [3.05, 3.63) is 59.2 Å². The Balaban J connectivity index is 1.80. The zero-order valence-electron chi connectivity index (χ0n) is 14.8. The van der Waals surface area contributed by atoms with Gasteiger partial charge in [-0.2, -0.15) is 0 Å². The molecule has 0 saturated carbocycles. The van der Waals surface area contributed by atoms with Gasteiger partial charge in [-0.15, -0.1) is 0 Å². The number of aryl methyl sites for hydroxylation is 2. The molecule has 1 aliphatic rings. The molecule has 0 atom stereocenters. The highest BCUT2D eigenvalue weighted by atomic mass is 16.1. The van der Waals surface area contributed by atoms with E-state index in [1.807, 2.05) is 43.3 Å². The normalized spacial score (nSPS) is 15.4. The minimum Gasteiger partial charge on any atom is -0.370 e. The van der Waals surface area contributed by atoms with Crippen molar-refractivity contribution in [3.8, 4) is 0 Å². The van der Waals surface area contributed by atoms with Gasteiger partial charge in [0.2, 0.25) is 0 Å². The largest absolute Gasteiger partial charge is 0.370 e. The lowest BCUT2D eigenvalue weighted by molar-refractivity contribution is 0.102. The number of carbonyl (C=O) groups excluding carboxylic acids is 1.